The number of rotatable bonds is 12. The van der Waals surface area contributed by atoms with Gasteiger partial charge in [-0.2, -0.15) is 114 Å². The lowest BCUT2D eigenvalue weighted by Gasteiger charge is -2.37. The van der Waals surface area contributed by atoms with E-state index in [9.17, 15) is 114 Å². The van der Waals surface area contributed by atoms with Crippen LogP contribution in [0.4, 0.5) is 114 Å². The first kappa shape index (κ1) is 42.4. The summed E-state index contributed by atoms with van der Waals surface area (Å²) in [7, 11) is 0. The van der Waals surface area contributed by atoms with E-state index in [1.165, 1.54) is 9.47 Å². The molecular formula is C16H4F26O3. The molecule has 3 nitrogen and oxygen atoms in total. The lowest BCUT2D eigenvalue weighted by molar-refractivity contribution is -0.503. The van der Waals surface area contributed by atoms with Crippen LogP contribution < -0.4 is 0 Å². The zero-order valence-corrected chi connectivity index (χ0v) is 19.4. The summed E-state index contributed by atoms with van der Waals surface area (Å²) in [6.07, 6.45) is -53.4. The highest BCUT2D eigenvalue weighted by Gasteiger charge is 2.84. The molecule has 0 N–H and O–H groups in total. The second-order valence-electron chi connectivity index (χ2n) is 7.56. The molecular weight excluding hydrogens is 734 g/mol. The minimum absolute atomic E-state index is 1.44. The maximum atomic E-state index is 13.9. The Morgan fingerprint density at radius 3 is 0.711 bits per heavy atom. The van der Waals surface area contributed by atoms with Crippen molar-refractivity contribution in [3.05, 3.63) is 24.7 Å². The Labute approximate surface area is 226 Å². The lowest BCUT2D eigenvalue weighted by Crippen LogP contribution is -2.64. The zero-order valence-electron chi connectivity index (χ0n) is 19.4. The number of hydrogen-bond acceptors (Lipinski definition) is 3. The van der Waals surface area contributed by atoms with Crippen LogP contribution in [-0.2, 0) is 14.2 Å². The first-order valence-electron chi connectivity index (χ1n) is 9.45. The third-order valence-electron chi connectivity index (χ3n) is 4.28. The van der Waals surface area contributed by atoms with Crippen LogP contribution in [0.5, 0.6) is 0 Å². The number of ether oxygens (including phenoxy) is 3. The predicted molar refractivity (Wildman–Crippen MR) is 83.1 cm³/mol. The van der Waals surface area contributed by atoms with Gasteiger partial charge in [-0.15, -0.1) is 0 Å². The van der Waals surface area contributed by atoms with Crippen LogP contribution in [0.1, 0.15) is 0 Å². The maximum Gasteiger partial charge on any atom is 0.462 e. The van der Waals surface area contributed by atoms with Crippen molar-refractivity contribution in [2.24, 2.45) is 0 Å². The monoisotopic (exact) mass is 738 g/mol. The average Bonchev–Trinajstić information content (AvgIpc) is 2.74. The molecule has 29 heteroatoms. The maximum absolute atomic E-state index is 13.9. The molecule has 0 fully saturated rings. The molecule has 45 heavy (non-hydrogen) atoms. The van der Waals surface area contributed by atoms with Gasteiger partial charge in [-0.25, -0.2) is 0 Å². The molecule has 0 bridgehead atoms. The highest BCUT2D eigenvalue weighted by atomic mass is 19.4. The smallest absolute Gasteiger partial charge is 0.462 e. The fraction of sp³-hybridized carbons (Fsp3) is 0.750. The molecule has 0 rings (SSSR count). The van der Waals surface area contributed by atoms with Gasteiger partial charge in [0, 0.05) is 12.2 Å². The second kappa shape index (κ2) is 11.6. The van der Waals surface area contributed by atoms with Crippen LogP contribution in [-0.4, -0.2) is 72.3 Å². The van der Waals surface area contributed by atoms with E-state index in [0.717, 1.165) is 0 Å². The second-order valence-corrected chi connectivity index (χ2v) is 7.56. The fourth-order valence-corrected chi connectivity index (χ4v) is 1.95. The summed E-state index contributed by atoms with van der Waals surface area (Å²) in [6.45, 7) is 0. The molecule has 0 spiro atoms. The Balaban J connectivity index is 6.47. The Morgan fingerprint density at radius 2 is 0.533 bits per heavy atom. The summed E-state index contributed by atoms with van der Waals surface area (Å²) < 4.78 is 340. The Morgan fingerprint density at radius 1 is 0.311 bits per heavy atom. The van der Waals surface area contributed by atoms with E-state index in [1.807, 2.05) is 0 Å². The Bertz CT molecular complexity index is 992. The normalized spacial score (nSPS) is 18.8. The number of hydrogen-bond donors (Lipinski definition) is 0. The molecule has 0 saturated heterocycles. The predicted octanol–water partition coefficient (Wildman–Crippen LogP) is 9.37. The molecule has 0 saturated carbocycles. The van der Waals surface area contributed by atoms with Gasteiger partial charge >= 0.3 is 72.3 Å². The SMILES string of the molecule is FC(F)(F)C(F)(F)C(F)(F)OC(F)(C(F)(F)F)C(F)(F)C=COC=CC(F)(F)C(F)(OC(F)(F)C(F)(F)C(F)(F)F)C(F)(F)F. The third kappa shape index (κ3) is 7.68. The van der Waals surface area contributed by atoms with E-state index < -0.39 is 97.0 Å². The van der Waals surface area contributed by atoms with Crippen LogP contribution in [0.15, 0.2) is 24.7 Å². The van der Waals surface area contributed by atoms with Crippen LogP contribution in [0.2, 0.25) is 0 Å². The molecule has 2 atom stereocenters. The molecule has 0 aromatic heterocycles. The first-order valence-corrected chi connectivity index (χ1v) is 9.45. The average molecular weight is 738 g/mol. The highest BCUT2D eigenvalue weighted by Crippen LogP contribution is 2.56. The molecule has 268 valence electrons. The van der Waals surface area contributed by atoms with Crippen molar-refractivity contribution in [3.8, 4) is 0 Å². The van der Waals surface area contributed by atoms with Crippen LogP contribution in [0.25, 0.3) is 0 Å². The van der Waals surface area contributed by atoms with E-state index in [1.54, 1.807) is 0 Å². The van der Waals surface area contributed by atoms with Gasteiger partial charge in [0.05, 0.1) is 12.5 Å². The van der Waals surface area contributed by atoms with Crippen molar-refractivity contribution < 1.29 is 128 Å². The molecule has 0 aliphatic carbocycles. The van der Waals surface area contributed by atoms with Crippen LogP contribution in [0, 0.1) is 0 Å². The van der Waals surface area contributed by atoms with E-state index in [0.29, 0.717) is 0 Å². The zero-order chi connectivity index (χ0) is 36.9. The summed E-state index contributed by atoms with van der Waals surface area (Å²) >= 11 is 0. The summed E-state index contributed by atoms with van der Waals surface area (Å²) in [4.78, 5) is 0. The molecule has 0 aliphatic heterocycles. The van der Waals surface area contributed by atoms with Gasteiger partial charge in [0.1, 0.15) is 0 Å². The molecule has 0 aromatic rings. The van der Waals surface area contributed by atoms with Crippen LogP contribution in [0.3, 0.4) is 0 Å². The molecule has 0 aromatic carbocycles. The Hall–Kier alpha value is -2.62. The van der Waals surface area contributed by atoms with E-state index in [-0.39, 0.29) is 0 Å². The molecule has 0 radical (unpaired) electrons. The summed E-state index contributed by atoms with van der Waals surface area (Å²) in [5, 5.41) is 0. The van der Waals surface area contributed by atoms with Crippen molar-refractivity contribution in [1.82, 2.24) is 0 Å². The third-order valence-corrected chi connectivity index (χ3v) is 4.28. The van der Waals surface area contributed by atoms with Crippen molar-refractivity contribution in [2.75, 3.05) is 0 Å². The van der Waals surface area contributed by atoms with Gasteiger partial charge < -0.3 is 4.74 Å². The molecule has 0 heterocycles. The van der Waals surface area contributed by atoms with Gasteiger partial charge in [0.25, 0.3) is 0 Å². The van der Waals surface area contributed by atoms with Crippen molar-refractivity contribution in [1.29, 1.82) is 0 Å². The van der Waals surface area contributed by atoms with Crippen molar-refractivity contribution in [2.45, 2.75) is 72.3 Å². The quantitative estimate of drug-likeness (QED) is 0.148. The van der Waals surface area contributed by atoms with Gasteiger partial charge in [0.2, 0.25) is 0 Å². The first-order chi connectivity index (χ1) is 19.1. The minimum atomic E-state index is -7.85. The van der Waals surface area contributed by atoms with Gasteiger partial charge in [0.15, 0.2) is 0 Å². The minimum Gasteiger partial charge on any atom is -0.473 e. The standard InChI is InChI=1S/C16H4F26O3/c17-5(18,9(25,13(33,34)35)44-15(39,40)7(21,22)11(27,28)29)1-3-43-4-2-6(19,20)10(26,14(36,37)38)45-16(41,42)8(23,24)12(30,31)32/h1-4H. The van der Waals surface area contributed by atoms with Crippen molar-refractivity contribution in [3.63, 3.8) is 0 Å². The van der Waals surface area contributed by atoms with Crippen LogP contribution >= 0.6 is 0 Å². The van der Waals surface area contributed by atoms with E-state index in [4.69, 9.17) is 0 Å². The summed E-state index contributed by atoms with van der Waals surface area (Å²) in [5.74, 6) is -45.1. The summed E-state index contributed by atoms with van der Waals surface area (Å²) in [6, 6.07) is 0. The largest absolute Gasteiger partial charge is 0.473 e. The van der Waals surface area contributed by atoms with E-state index in [2.05, 4.69) is 4.74 Å². The number of alkyl halides is 26. The Kier molecular flexibility index (Phi) is 10.9. The van der Waals surface area contributed by atoms with Gasteiger partial charge in [-0.3, -0.25) is 9.47 Å². The topological polar surface area (TPSA) is 27.7 Å². The molecule has 2 unspecified atom stereocenters. The fourth-order valence-electron chi connectivity index (χ4n) is 1.95. The van der Waals surface area contributed by atoms with Gasteiger partial charge in [-0.1, -0.05) is 0 Å². The molecule has 0 aliphatic rings. The van der Waals surface area contributed by atoms with Gasteiger partial charge in [-0.05, 0) is 0 Å². The summed E-state index contributed by atoms with van der Waals surface area (Å²) in [5.41, 5.74) is 0. The lowest BCUT2D eigenvalue weighted by atomic mass is 10.1. The number of halogens is 26. The highest BCUT2D eigenvalue weighted by molar-refractivity contribution is 5.09. The van der Waals surface area contributed by atoms with E-state index >= 15 is 0 Å². The molecule has 0 amide bonds. The van der Waals surface area contributed by atoms with Crippen molar-refractivity contribution >= 4 is 0 Å².